The number of para-hydroxylation sites is 1. The van der Waals surface area contributed by atoms with Crippen LogP contribution >= 0.6 is 23.2 Å². The molecule has 3 aromatic rings. The van der Waals surface area contributed by atoms with Crippen LogP contribution in [0.3, 0.4) is 0 Å². The third-order valence-electron chi connectivity index (χ3n) is 2.77. The number of carbonyl (C=O) groups is 1. The standard InChI is InChI=1S/C15H8Cl2O2/c16-11-5-10(6-12(17)8-11)15(18)14-7-9-3-1-2-4-13(9)19-14/h1-8H. The molecule has 1 heterocycles. The third kappa shape index (κ3) is 2.37. The lowest BCUT2D eigenvalue weighted by Gasteiger charge is -1.99. The quantitative estimate of drug-likeness (QED) is 0.624. The predicted molar refractivity (Wildman–Crippen MR) is 76.1 cm³/mol. The van der Waals surface area contributed by atoms with Gasteiger partial charge in [0.15, 0.2) is 5.76 Å². The van der Waals surface area contributed by atoms with E-state index in [9.17, 15) is 4.79 Å². The summed E-state index contributed by atoms with van der Waals surface area (Å²) in [5.41, 5.74) is 1.09. The summed E-state index contributed by atoms with van der Waals surface area (Å²) in [6.45, 7) is 0. The second-order valence-corrected chi connectivity index (χ2v) is 5.01. The second kappa shape index (κ2) is 4.72. The van der Waals surface area contributed by atoms with Gasteiger partial charge in [-0.15, -0.1) is 0 Å². The molecule has 0 atom stereocenters. The number of furan rings is 1. The Morgan fingerprint density at radius 3 is 2.32 bits per heavy atom. The molecule has 0 radical (unpaired) electrons. The van der Waals surface area contributed by atoms with E-state index in [1.54, 1.807) is 24.3 Å². The summed E-state index contributed by atoms with van der Waals surface area (Å²) in [5.74, 6) is 0.0418. The van der Waals surface area contributed by atoms with Gasteiger partial charge in [-0.05, 0) is 30.3 Å². The number of rotatable bonds is 2. The van der Waals surface area contributed by atoms with E-state index >= 15 is 0 Å². The van der Waals surface area contributed by atoms with Crippen LogP contribution in [-0.2, 0) is 0 Å². The molecule has 2 aromatic carbocycles. The number of hydrogen-bond donors (Lipinski definition) is 0. The largest absolute Gasteiger partial charge is 0.453 e. The van der Waals surface area contributed by atoms with Crippen LogP contribution in [0.4, 0.5) is 0 Å². The molecule has 94 valence electrons. The molecule has 2 nitrogen and oxygen atoms in total. The zero-order valence-corrected chi connectivity index (χ0v) is 11.2. The molecule has 0 amide bonds. The summed E-state index contributed by atoms with van der Waals surface area (Å²) in [7, 11) is 0. The highest BCUT2D eigenvalue weighted by atomic mass is 35.5. The van der Waals surface area contributed by atoms with Gasteiger partial charge in [-0.3, -0.25) is 4.79 Å². The Bertz CT molecular complexity index is 721. The van der Waals surface area contributed by atoms with Crippen molar-refractivity contribution in [2.24, 2.45) is 0 Å². The van der Waals surface area contributed by atoms with Gasteiger partial charge >= 0.3 is 0 Å². The molecule has 0 fully saturated rings. The minimum absolute atomic E-state index is 0.236. The van der Waals surface area contributed by atoms with E-state index in [4.69, 9.17) is 27.6 Å². The molecule has 0 saturated heterocycles. The molecular formula is C15H8Cl2O2. The van der Waals surface area contributed by atoms with E-state index in [1.165, 1.54) is 0 Å². The Morgan fingerprint density at radius 2 is 1.63 bits per heavy atom. The van der Waals surface area contributed by atoms with Gasteiger partial charge in [0, 0.05) is 21.0 Å². The lowest BCUT2D eigenvalue weighted by atomic mass is 10.1. The minimum atomic E-state index is -0.236. The van der Waals surface area contributed by atoms with Crippen molar-refractivity contribution in [1.82, 2.24) is 0 Å². The van der Waals surface area contributed by atoms with Gasteiger partial charge < -0.3 is 4.42 Å². The summed E-state index contributed by atoms with van der Waals surface area (Å²) in [6.07, 6.45) is 0. The highest BCUT2D eigenvalue weighted by Crippen LogP contribution is 2.24. The van der Waals surface area contributed by atoms with Crippen molar-refractivity contribution in [3.05, 3.63) is 69.9 Å². The lowest BCUT2D eigenvalue weighted by molar-refractivity contribution is 0.101. The molecule has 0 aliphatic carbocycles. The number of fused-ring (bicyclic) bond motifs is 1. The number of hydrogen-bond acceptors (Lipinski definition) is 2. The summed E-state index contributed by atoms with van der Waals surface area (Å²) in [6, 6.07) is 13.9. The fourth-order valence-electron chi connectivity index (χ4n) is 1.92. The number of carbonyl (C=O) groups excluding carboxylic acids is 1. The maximum atomic E-state index is 12.3. The van der Waals surface area contributed by atoms with Gasteiger partial charge in [-0.1, -0.05) is 41.4 Å². The van der Waals surface area contributed by atoms with E-state index in [0.29, 0.717) is 21.2 Å². The van der Waals surface area contributed by atoms with Crippen LogP contribution in [0.15, 0.2) is 52.9 Å². The molecule has 1 aromatic heterocycles. The monoisotopic (exact) mass is 290 g/mol. The maximum absolute atomic E-state index is 12.3. The Balaban J connectivity index is 2.07. The zero-order valence-electron chi connectivity index (χ0n) is 9.69. The van der Waals surface area contributed by atoms with Crippen LogP contribution in [-0.4, -0.2) is 5.78 Å². The van der Waals surface area contributed by atoms with Crippen molar-refractivity contribution in [3.8, 4) is 0 Å². The molecule has 0 aliphatic rings. The van der Waals surface area contributed by atoms with Crippen LogP contribution in [0.2, 0.25) is 10.0 Å². The van der Waals surface area contributed by atoms with Crippen molar-refractivity contribution >= 4 is 40.0 Å². The van der Waals surface area contributed by atoms with Crippen molar-refractivity contribution in [1.29, 1.82) is 0 Å². The summed E-state index contributed by atoms with van der Waals surface area (Å²) < 4.78 is 5.53. The highest BCUT2D eigenvalue weighted by Gasteiger charge is 2.15. The molecule has 0 saturated carbocycles. The van der Waals surface area contributed by atoms with Crippen LogP contribution in [0.5, 0.6) is 0 Å². The van der Waals surface area contributed by atoms with Crippen molar-refractivity contribution in [2.45, 2.75) is 0 Å². The maximum Gasteiger partial charge on any atom is 0.228 e. The number of ketones is 1. The summed E-state index contributed by atoms with van der Waals surface area (Å²) >= 11 is 11.8. The fourth-order valence-corrected chi connectivity index (χ4v) is 2.45. The lowest BCUT2D eigenvalue weighted by Crippen LogP contribution is -1.99. The predicted octanol–water partition coefficient (Wildman–Crippen LogP) is 4.97. The second-order valence-electron chi connectivity index (χ2n) is 4.14. The van der Waals surface area contributed by atoms with Crippen LogP contribution in [0, 0.1) is 0 Å². The fraction of sp³-hybridized carbons (Fsp3) is 0. The first-order valence-electron chi connectivity index (χ1n) is 5.63. The highest BCUT2D eigenvalue weighted by molar-refractivity contribution is 6.35. The van der Waals surface area contributed by atoms with Gasteiger partial charge in [0.25, 0.3) is 0 Å². The van der Waals surface area contributed by atoms with E-state index in [2.05, 4.69) is 0 Å². The Labute approximate surface area is 119 Å². The number of benzene rings is 2. The topological polar surface area (TPSA) is 30.2 Å². The Kier molecular flexibility index (Phi) is 3.05. The first-order chi connectivity index (χ1) is 9.13. The molecule has 0 spiro atoms. The molecule has 0 N–H and O–H groups in total. The molecule has 19 heavy (non-hydrogen) atoms. The molecule has 0 bridgehead atoms. The smallest absolute Gasteiger partial charge is 0.228 e. The Morgan fingerprint density at radius 1 is 0.947 bits per heavy atom. The molecule has 0 unspecified atom stereocenters. The first-order valence-corrected chi connectivity index (χ1v) is 6.38. The van der Waals surface area contributed by atoms with Gasteiger partial charge in [0.05, 0.1) is 0 Å². The summed E-state index contributed by atoms with van der Waals surface area (Å²) in [5, 5.41) is 1.73. The molecule has 0 aliphatic heterocycles. The SMILES string of the molecule is O=C(c1cc(Cl)cc(Cl)c1)c1cc2ccccc2o1. The van der Waals surface area contributed by atoms with E-state index in [1.807, 2.05) is 24.3 Å². The van der Waals surface area contributed by atoms with Crippen LogP contribution in [0.1, 0.15) is 16.1 Å². The average molecular weight is 291 g/mol. The third-order valence-corrected chi connectivity index (χ3v) is 3.21. The molecule has 3 rings (SSSR count). The zero-order chi connectivity index (χ0) is 13.4. The van der Waals surface area contributed by atoms with Crippen LogP contribution in [0.25, 0.3) is 11.0 Å². The Hall–Kier alpha value is -1.77. The van der Waals surface area contributed by atoms with Crippen LogP contribution < -0.4 is 0 Å². The minimum Gasteiger partial charge on any atom is -0.453 e. The van der Waals surface area contributed by atoms with E-state index in [0.717, 1.165) is 5.39 Å². The van der Waals surface area contributed by atoms with Crippen molar-refractivity contribution in [3.63, 3.8) is 0 Å². The number of halogens is 2. The van der Waals surface area contributed by atoms with Crippen molar-refractivity contribution < 1.29 is 9.21 Å². The average Bonchev–Trinajstić information content (AvgIpc) is 2.80. The molecular weight excluding hydrogens is 283 g/mol. The van der Waals surface area contributed by atoms with E-state index < -0.39 is 0 Å². The van der Waals surface area contributed by atoms with Crippen molar-refractivity contribution in [2.75, 3.05) is 0 Å². The van der Waals surface area contributed by atoms with E-state index in [-0.39, 0.29) is 11.5 Å². The normalized spacial score (nSPS) is 10.8. The molecule has 4 heteroatoms. The van der Waals surface area contributed by atoms with Gasteiger partial charge in [0.2, 0.25) is 5.78 Å². The van der Waals surface area contributed by atoms with Gasteiger partial charge in [-0.25, -0.2) is 0 Å². The first kappa shape index (κ1) is 12.3. The van der Waals surface area contributed by atoms with Gasteiger partial charge in [0.1, 0.15) is 5.58 Å². The van der Waals surface area contributed by atoms with Gasteiger partial charge in [-0.2, -0.15) is 0 Å². The summed E-state index contributed by atoms with van der Waals surface area (Å²) in [4.78, 5) is 12.3.